The Morgan fingerprint density at radius 2 is 1.77 bits per heavy atom. The van der Waals surface area contributed by atoms with Gasteiger partial charge < -0.3 is 10.1 Å². The first kappa shape index (κ1) is 12.8. The Bertz CT molecular complexity index is 198. The first-order chi connectivity index (χ1) is 5.73. The van der Waals surface area contributed by atoms with Gasteiger partial charge in [-0.3, -0.25) is 9.59 Å². The van der Waals surface area contributed by atoms with E-state index in [4.69, 9.17) is 34.8 Å². The topological polar surface area (TPSA) is 55.4 Å². The van der Waals surface area contributed by atoms with Crippen molar-refractivity contribution in [3.8, 4) is 0 Å². The minimum atomic E-state index is -1.88. The number of rotatable bonds is 2. The van der Waals surface area contributed by atoms with Crippen molar-refractivity contribution in [3.05, 3.63) is 0 Å². The molecule has 7 heteroatoms. The molecule has 1 N–H and O–H groups in total. The molecular weight excluding hydrogens is 240 g/mol. The molecule has 0 saturated heterocycles. The smallest absolute Gasteiger partial charge is 0.304 e. The number of hydrogen-bond donors (Lipinski definition) is 1. The number of nitrogens with one attached hydrogen (secondary N) is 1. The maximum atomic E-state index is 10.6. The summed E-state index contributed by atoms with van der Waals surface area (Å²) in [5.41, 5.74) is 0. The number of carbonyl (C=O) groups excluding carboxylic acids is 2. The lowest BCUT2D eigenvalue weighted by Gasteiger charge is -2.23. The van der Waals surface area contributed by atoms with E-state index in [0.717, 1.165) is 6.92 Å². The summed E-state index contributed by atoms with van der Waals surface area (Å²) in [6.45, 7) is 2.36. The Hall–Kier alpha value is -0.190. The van der Waals surface area contributed by atoms with E-state index < -0.39 is 21.9 Å². The van der Waals surface area contributed by atoms with Crippen LogP contribution >= 0.6 is 34.8 Å². The molecule has 0 aliphatic carbocycles. The predicted octanol–water partition coefficient (Wildman–Crippen LogP) is 1.38. The summed E-state index contributed by atoms with van der Waals surface area (Å²) in [5.74, 6) is -1.11. The molecule has 0 rings (SSSR count). The highest BCUT2D eigenvalue weighted by atomic mass is 35.6. The van der Waals surface area contributed by atoms with E-state index in [1.54, 1.807) is 0 Å². The van der Waals surface area contributed by atoms with Crippen LogP contribution in [-0.2, 0) is 14.3 Å². The van der Waals surface area contributed by atoms with Crippen LogP contribution in [0.25, 0.3) is 0 Å². The van der Waals surface area contributed by atoms with Crippen molar-refractivity contribution in [2.75, 3.05) is 0 Å². The minimum absolute atomic E-state index is 0.461. The number of amides is 1. The van der Waals surface area contributed by atoms with Gasteiger partial charge >= 0.3 is 5.97 Å². The molecule has 76 valence electrons. The fraction of sp³-hybridized carbons (Fsp3) is 0.667. The molecule has 1 amide bonds. The van der Waals surface area contributed by atoms with E-state index in [-0.39, 0.29) is 0 Å². The van der Waals surface area contributed by atoms with E-state index in [0.29, 0.717) is 0 Å². The molecule has 0 aliphatic heterocycles. The summed E-state index contributed by atoms with van der Waals surface area (Å²) in [5, 5.41) is 2.17. The quantitative estimate of drug-likeness (QED) is 0.456. The van der Waals surface area contributed by atoms with Crippen LogP contribution in [0, 0.1) is 0 Å². The van der Waals surface area contributed by atoms with Gasteiger partial charge in [0.15, 0.2) is 0 Å². The van der Waals surface area contributed by atoms with Gasteiger partial charge in [-0.1, -0.05) is 34.8 Å². The van der Waals surface area contributed by atoms with Crippen LogP contribution in [0.15, 0.2) is 0 Å². The van der Waals surface area contributed by atoms with Crippen molar-refractivity contribution in [1.29, 1.82) is 0 Å². The van der Waals surface area contributed by atoms with Gasteiger partial charge in [-0.05, 0) is 0 Å². The van der Waals surface area contributed by atoms with Crippen LogP contribution in [0.3, 0.4) is 0 Å². The van der Waals surface area contributed by atoms with Gasteiger partial charge in [0.2, 0.25) is 15.9 Å². The van der Waals surface area contributed by atoms with E-state index in [2.05, 4.69) is 10.1 Å². The lowest BCUT2D eigenvalue weighted by atomic mass is 10.5. The number of ether oxygens (including phenoxy) is 1. The molecule has 1 atom stereocenters. The number of alkyl halides is 3. The summed E-state index contributed by atoms with van der Waals surface area (Å²) in [6.07, 6.45) is -1.27. The number of hydrogen-bond acceptors (Lipinski definition) is 3. The molecule has 0 aromatic heterocycles. The van der Waals surface area contributed by atoms with E-state index >= 15 is 0 Å². The van der Waals surface area contributed by atoms with Crippen LogP contribution in [0.5, 0.6) is 0 Å². The van der Waals surface area contributed by atoms with Crippen molar-refractivity contribution in [2.24, 2.45) is 0 Å². The second kappa shape index (κ2) is 4.88. The third kappa shape index (κ3) is 5.96. The van der Waals surface area contributed by atoms with E-state index in [9.17, 15) is 9.59 Å². The molecule has 0 heterocycles. The number of carbonyl (C=O) groups is 2. The van der Waals surface area contributed by atoms with Gasteiger partial charge in [-0.2, -0.15) is 0 Å². The summed E-state index contributed by atoms with van der Waals surface area (Å²) in [4.78, 5) is 21.1. The van der Waals surface area contributed by atoms with Crippen molar-refractivity contribution < 1.29 is 14.3 Å². The fourth-order valence-corrected chi connectivity index (χ4v) is 0.826. The third-order valence-corrected chi connectivity index (χ3v) is 1.51. The van der Waals surface area contributed by atoms with Crippen molar-refractivity contribution in [3.63, 3.8) is 0 Å². The summed E-state index contributed by atoms with van der Waals surface area (Å²) < 4.78 is 2.68. The van der Waals surface area contributed by atoms with Gasteiger partial charge in [0.1, 0.15) is 0 Å². The monoisotopic (exact) mass is 247 g/mol. The first-order valence-electron chi connectivity index (χ1n) is 3.24. The zero-order valence-electron chi connectivity index (χ0n) is 6.94. The lowest BCUT2D eigenvalue weighted by Crippen LogP contribution is -2.45. The average Bonchev–Trinajstić information content (AvgIpc) is 1.81. The molecule has 13 heavy (non-hydrogen) atoms. The normalized spacial score (nSPS) is 13.3. The lowest BCUT2D eigenvalue weighted by molar-refractivity contribution is -0.149. The molecule has 0 bridgehead atoms. The molecule has 0 aromatic rings. The van der Waals surface area contributed by atoms with E-state index in [1.165, 1.54) is 6.92 Å². The van der Waals surface area contributed by atoms with Crippen molar-refractivity contribution in [2.45, 2.75) is 23.9 Å². The molecule has 0 radical (unpaired) electrons. The molecule has 0 aromatic carbocycles. The van der Waals surface area contributed by atoms with Crippen LogP contribution in [0.1, 0.15) is 13.8 Å². The number of halogens is 3. The van der Waals surface area contributed by atoms with Crippen LogP contribution in [0.4, 0.5) is 0 Å². The zero-order chi connectivity index (χ0) is 10.6. The van der Waals surface area contributed by atoms with Crippen molar-refractivity contribution >= 4 is 46.7 Å². The molecule has 1 unspecified atom stereocenters. The summed E-state index contributed by atoms with van der Waals surface area (Å²) in [7, 11) is 0. The maximum Gasteiger partial charge on any atom is 0.304 e. The summed E-state index contributed by atoms with van der Waals surface area (Å²) in [6, 6.07) is 0. The van der Waals surface area contributed by atoms with Crippen LogP contribution in [-0.4, -0.2) is 21.9 Å². The average molecular weight is 248 g/mol. The Balaban J connectivity index is 4.37. The molecule has 4 nitrogen and oxygen atoms in total. The Labute approximate surface area is 90.5 Å². The first-order valence-corrected chi connectivity index (χ1v) is 4.38. The second-order valence-corrected chi connectivity index (χ2v) is 4.60. The molecule has 0 fully saturated rings. The second-order valence-electron chi connectivity index (χ2n) is 2.23. The highest BCUT2D eigenvalue weighted by Crippen LogP contribution is 2.30. The minimum Gasteiger partial charge on any atom is -0.437 e. The Kier molecular flexibility index (Phi) is 4.81. The van der Waals surface area contributed by atoms with E-state index in [1.807, 2.05) is 0 Å². The SMILES string of the molecule is CC(=O)NC(OC(C)=O)C(Cl)(Cl)Cl. The zero-order valence-corrected chi connectivity index (χ0v) is 9.20. The molecule has 0 aliphatic rings. The largest absolute Gasteiger partial charge is 0.437 e. The van der Waals surface area contributed by atoms with Gasteiger partial charge in [-0.25, -0.2) is 0 Å². The predicted molar refractivity (Wildman–Crippen MR) is 49.7 cm³/mol. The van der Waals surface area contributed by atoms with Gasteiger partial charge in [-0.15, -0.1) is 0 Å². The van der Waals surface area contributed by atoms with Crippen molar-refractivity contribution in [1.82, 2.24) is 5.32 Å². The molecule has 0 spiro atoms. The summed E-state index contributed by atoms with van der Waals surface area (Å²) >= 11 is 16.3. The Morgan fingerprint density at radius 1 is 1.31 bits per heavy atom. The highest BCUT2D eigenvalue weighted by molar-refractivity contribution is 6.68. The number of esters is 1. The standard InChI is InChI=1S/C6H8Cl3NO3/c1-3(11)10-5(6(7,8)9)13-4(2)12/h5H,1-2H3,(H,10,11). The fourth-order valence-electron chi connectivity index (χ4n) is 0.529. The molecule has 0 saturated carbocycles. The van der Waals surface area contributed by atoms with Gasteiger partial charge in [0, 0.05) is 13.8 Å². The molecular formula is C6H8Cl3NO3. The highest BCUT2D eigenvalue weighted by Gasteiger charge is 2.36. The Morgan fingerprint density at radius 3 is 2.00 bits per heavy atom. The van der Waals surface area contributed by atoms with Crippen LogP contribution in [0.2, 0.25) is 0 Å². The van der Waals surface area contributed by atoms with Gasteiger partial charge in [0.05, 0.1) is 0 Å². The maximum absolute atomic E-state index is 10.6. The van der Waals surface area contributed by atoms with Gasteiger partial charge in [0.25, 0.3) is 0 Å². The van der Waals surface area contributed by atoms with Crippen LogP contribution < -0.4 is 5.32 Å². The third-order valence-electron chi connectivity index (χ3n) is 0.915.